The lowest BCUT2D eigenvalue weighted by Crippen LogP contribution is -2.60. The Morgan fingerprint density at radius 3 is 2.31 bits per heavy atom. The fourth-order valence-corrected chi connectivity index (χ4v) is 4.16. The molecule has 2 aromatic heterocycles. The Balaban J connectivity index is 1.27. The van der Waals surface area contributed by atoms with Crippen LogP contribution in [0.15, 0.2) is 30.7 Å². The maximum absolute atomic E-state index is 12.6. The number of halogens is 3. The largest absolute Gasteiger partial charge is 0.482 e. The highest BCUT2D eigenvalue weighted by Crippen LogP contribution is 2.45. The third-order valence-corrected chi connectivity index (χ3v) is 5.93. The molecule has 0 aromatic carbocycles. The zero-order valence-electron chi connectivity index (χ0n) is 17.2. The van der Waals surface area contributed by atoms with Gasteiger partial charge in [-0.05, 0) is 50.2 Å². The van der Waals surface area contributed by atoms with Crippen molar-refractivity contribution >= 4 is 11.8 Å². The molecule has 11 heteroatoms. The molecule has 170 valence electrons. The second kappa shape index (κ2) is 8.71. The van der Waals surface area contributed by atoms with E-state index in [9.17, 15) is 22.8 Å². The minimum Gasteiger partial charge on any atom is -0.482 e. The molecule has 8 nitrogen and oxygen atoms in total. The molecule has 2 atom stereocenters. The van der Waals surface area contributed by atoms with Gasteiger partial charge in [-0.15, -0.1) is 0 Å². The van der Waals surface area contributed by atoms with Gasteiger partial charge in [0.2, 0.25) is 0 Å². The lowest BCUT2D eigenvalue weighted by molar-refractivity contribution is -0.141. The zero-order valence-corrected chi connectivity index (χ0v) is 17.2. The van der Waals surface area contributed by atoms with Gasteiger partial charge in [0.1, 0.15) is 17.1 Å². The number of aryl methyl sites for hydroxylation is 1. The summed E-state index contributed by atoms with van der Waals surface area (Å²) in [6, 6.07) is 1.73. The number of nitrogens with zero attached hydrogens (tertiary/aromatic N) is 3. The van der Waals surface area contributed by atoms with E-state index in [0.717, 1.165) is 36.9 Å². The molecule has 32 heavy (non-hydrogen) atoms. The topological polar surface area (TPSA) is 106 Å². The summed E-state index contributed by atoms with van der Waals surface area (Å²) in [4.78, 5) is 36.3. The maximum Gasteiger partial charge on any atom is 0.433 e. The zero-order chi connectivity index (χ0) is 22.9. The predicted molar refractivity (Wildman–Crippen MR) is 106 cm³/mol. The molecule has 3 saturated carbocycles. The molecule has 0 aliphatic heterocycles. The molecule has 2 unspecified atom stereocenters. The van der Waals surface area contributed by atoms with Gasteiger partial charge < -0.3 is 15.4 Å². The van der Waals surface area contributed by atoms with E-state index >= 15 is 0 Å². The van der Waals surface area contributed by atoms with E-state index in [-0.39, 0.29) is 41.9 Å². The van der Waals surface area contributed by atoms with Gasteiger partial charge in [-0.25, -0.2) is 9.97 Å². The first-order chi connectivity index (χ1) is 15.2. The summed E-state index contributed by atoms with van der Waals surface area (Å²) in [5.74, 6) is 0.102. The normalized spacial score (nSPS) is 24.2. The Bertz CT molecular complexity index is 976. The average molecular weight is 449 g/mol. The van der Waals surface area contributed by atoms with E-state index in [1.165, 1.54) is 12.4 Å². The van der Waals surface area contributed by atoms with Crippen LogP contribution in [0.5, 0.6) is 5.75 Å². The van der Waals surface area contributed by atoms with Gasteiger partial charge in [-0.3, -0.25) is 14.6 Å². The van der Waals surface area contributed by atoms with E-state index in [0.29, 0.717) is 18.3 Å². The highest BCUT2D eigenvalue weighted by molar-refractivity contribution is 5.92. The lowest BCUT2D eigenvalue weighted by atomic mass is 9.60. The van der Waals surface area contributed by atoms with Crippen LogP contribution >= 0.6 is 0 Å². The number of nitrogens with one attached hydrogen (secondary N) is 2. The van der Waals surface area contributed by atoms with Gasteiger partial charge in [0.05, 0.1) is 18.1 Å². The van der Waals surface area contributed by atoms with Crippen molar-refractivity contribution in [1.29, 1.82) is 0 Å². The summed E-state index contributed by atoms with van der Waals surface area (Å²) < 4.78 is 42.9. The fourth-order valence-electron chi connectivity index (χ4n) is 4.16. The minimum atomic E-state index is -4.53. The van der Waals surface area contributed by atoms with E-state index in [2.05, 4.69) is 25.6 Å². The first-order valence-electron chi connectivity index (χ1n) is 10.2. The molecule has 3 fully saturated rings. The number of carbonyl (C=O) groups is 2. The number of ether oxygens (including phenoxy) is 1. The molecule has 2 N–H and O–H groups in total. The molecule has 2 aromatic rings. The SMILES string of the molecule is Cc1cnc(C(=O)NC2CC(NC(=O)COc3ccc(C(F)(F)F)nc3)C3CC2C3)cn1. The highest BCUT2D eigenvalue weighted by Gasteiger charge is 2.47. The second-order valence-corrected chi connectivity index (χ2v) is 8.19. The third-order valence-electron chi connectivity index (χ3n) is 5.93. The van der Waals surface area contributed by atoms with Crippen molar-refractivity contribution in [3.05, 3.63) is 47.8 Å². The molecule has 0 saturated heterocycles. The maximum atomic E-state index is 12.6. The number of fused-ring (bicyclic) bond motifs is 2. The van der Waals surface area contributed by atoms with Crippen LogP contribution in [0.3, 0.4) is 0 Å². The molecule has 0 spiro atoms. The van der Waals surface area contributed by atoms with Crippen molar-refractivity contribution in [3.8, 4) is 5.75 Å². The Morgan fingerprint density at radius 1 is 1.00 bits per heavy atom. The van der Waals surface area contributed by atoms with E-state index in [1.54, 1.807) is 6.92 Å². The summed E-state index contributed by atoms with van der Waals surface area (Å²) in [5, 5.41) is 5.92. The molecule has 2 bridgehead atoms. The molecule has 3 aliphatic carbocycles. The van der Waals surface area contributed by atoms with Crippen LogP contribution in [0.1, 0.15) is 41.1 Å². The number of hydrogen-bond acceptors (Lipinski definition) is 6. The van der Waals surface area contributed by atoms with E-state index < -0.39 is 11.9 Å². The van der Waals surface area contributed by atoms with Crippen molar-refractivity contribution in [1.82, 2.24) is 25.6 Å². The highest BCUT2D eigenvalue weighted by atomic mass is 19.4. The van der Waals surface area contributed by atoms with Crippen LogP contribution in [0.25, 0.3) is 0 Å². The van der Waals surface area contributed by atoms with E-state index in [4.69, 9.17) is 4.74 Å². The van der Waals surface area contributed by atoms with Crippen LogP contribution in [0, 0.1) is 18.8 Å². The second-order valence-electron chi connectivity index (χ2n) is 8.19. The van der Waals surface area contributed by atoms with Crippen molar-refractivity contribution in [2.24, 2.45) is 11.8 Å². The van der Waals surface area contributed by atoms with Crippen molar-refractivity contribution < 1.29 is 27.5 Å². The first kappa shape index (κ1) is 22.0. The summed E-state index contributed by atoms with van der Waals surface area (Å²) in [5.41, 5.74) is -0.0601. The Labute approximate surface area is 182 Å². The molecule has 5 rings (SSSR count). The van der Waals surface area contributed by atoms with E-state index in [1.807, 2.05) is 0 Å². The number of aromatic nitrogens is 3. The van der Waals surface area contributed by atoms with Crippen LogP contribution in [0.2, 0.25) is 0 Å². The number of alkyl halides is 3. The predicted octanol–water partition coefficient (Wildman–Crippen LogP) is 2.29. The van der Waals surface area contributed by atoms with Gasteiger partial charge in [-0.2, -0.15) is 13.2 Å². The van der Waals surface area contributed by atoms with Crippen molar-refractivity contribution in [3.63, 3.8) is 0 Å². The lowest BCUT2D eigenvalue weighted by Gasteiger charge is -2.51. The van der Waals surface area contributed by atoms with Gasteiger partial charge in [0, 0.05) is 18.3 Å². The summed E-state index contributed by atoms with van der Waals surface area (Å²) in [7, 11) is 0. The number of carbonyl (C=O) groups excluding carboxylic acids is 2. The summed E-state index contributed by atoms with van der Waals surface area (Å²) in [6.07, 6.45) is 1.77. The number of pyridine rings is 1. The minimum absolute atomic E-state index is 0.0739. The van der Waals surface area contributed by atoms with Crippen molar-refractivity contribution in [2.75, 3.05) is 6.61 Å². The number of rotatable bonds is 6. The van der Waals surface area contributed by atoms with Crippen LogP contribution in [-0.4, -0.2) is 45.5 Å². The summed E-state index contributed by atoms with van der Waals surface area (Å²) >= 11 is 0. The van der Waals surface area contributed by atoms with Gasteiger partial charge in [0.25, 0.3) is 11.8 Å². The van der Waals surface area contributed by atoms with Gasteiger partial charge in [-0.1, -0.05) is 0 Å². The molecule has 2 heterocycles. The standard InChI is InChI=1S/C21H22F3N5O3/c1-11-7-26-17(9-25-11)20(31)29-16-6-15(12-4-13(16)5-12)28-19(30)10-32-14-2-3-18(27-8-14)21(22,23)24/h2-3,7-9,12-13,15-16H,4-6,10H2,1H3,(H,28,30)(H,29,31). The summed E-state index contributed by atoms with van der Waals surface area (Å²) in [6.45, 7) is 1.45. The first-order valence-corrected chi connectivity index (χ1v) is 10.2. The molecule has 3 aliphatic rings. The Hall–Kier alpha value is -3.24. The van der Waals surface area contributed by atoms with Crippen LogP contribution < -0.4 is 15.4 Å². The molecule has 0 radical (unpaired) electrons. The Kier molecular flexibility index (Phi) is 5.98. The van der Waals surface area contributed by atoms with Gasteiger partial charge in [0.15, 0.2) is 6.61 Å². The Morgan fingerprint density at radius 2 is 1.72 bits per heavy atom. The van der Waals surface area contributed by atoms with Crippen molar-refractivity contribution in [2.45, 2.75) is 44.4 Å². The van der Waals surface area contributed by atoms with Gasteiger partial charge >= 0.3 is 6.18 Å². The number of amides is 2. The monoisotopic (exact) mass is 449 g/mol. The average Bonchev–Trinajstić information content (AvgIpc) is 2.71. The third kappa shape index (κ3) is 4.97. The molecular weight excluding hydrogens is 427 g/mol. The quantitative estimate of drug-likeness (QED) is 0.701. The molecule has 2 amide bonds. The van der Waals surface area contributed by atoms with Crippen LogP contribution in [0.4, 0.5) is 13.2 Å². The molecular formula is C21H22F3N5O3. The fraction of sp³-hybridized carbons (Fsp3) is 0.476. The number of hydrogen-bond donors (Lipinski definition) is 2. The van der Waals surface area contributed by atoms with Crippen LogP contribution in [-0.2, 0) is 11.0 Å². The smallest absolute Gasteiger partial charge is 0.433 e.